The number of hydrogen-bond acceptors (Lipinski definition) is 2. The number of nitrogens with two attached hydrogens (primary N) is 1. The Morgan fingerprint density at radius 2 is 1.72 bits per heavy atom. The number of rotatable bonds is 7. The Bertz CT molecular complexity index is 361. The van der Waals surface area contributed by atoms with Gasteiger partial charge in [0.25, 0.3) is 0 Å². The number of hydrogen-bond donors (Lipinski definition) is 1. The van der Waals surface area contributed by atoms with E-state index < -0.39 is 0 Å². The van der Waals surface area contributed by atoms with Gasteiger partial charge in [-0.1, -0.05) is 32.9 Å². The van der Waals surface area contributed by atoms with E-state index in [2.05, 4.69) is 45.9 Å². The number of aryl methyl sites for hydroxylation is 1. The molecule has 2 heteroatoms. The Kier molecular flexibility index (Phi) is 5.67. The van der Waals surface area contributed by atoms with Gasteiger partial charge >= 0.3 is 0 Å². The van der Waals surface area contributed by atoms with Gasteiger partial charge in [0, 0.05) is 6.54 Å². The van der Waals surface area contributed by atoms with Crippen molar-refractivity contribution in [1.82, 2.24) is 0 Å². The van der Waals surface area contributed by atoms with Crippen LogP contribution in [0.5, 0.6) is 5.75 Å². The molecule has 0 aliphatic rings. The number of benzene rings is 1. The van der Waals surface area contributed by atoms with E-state index in [0.717, 1.165) is 5.75 Å². The summed E-state index contributed by atoms with van der Waals surface area (Å²) in [6.45, 7) is 10.1. The first-order chi connectivity index (χ1) is 8.63. The van der Waals surface area contributed by atoms with Crippen molar-refractivity contribution in [2.45, 2.75) is 52.4 Å². The summed E-state index contributed by atoms with van der Waals surface area (Å²) in [5.41, 5.74) is 8.43. The van der Waals surface area contributed by atoms with Gasteiger partial charge in [-0.2, -0.15) is 0 Å². The standard InChI is InChI=1S/C16H27NO/c1-5-16(6-2,7-3)14-8-9-15(13(4)12-14)18-11-10-17/h8-9,12H,5-7,10-11,17H2,1-4H3. The van der Waals surface area contributed by atoms with Gasteiger partial charge in [-0.25, -0.2) is 0 Å². The highest BCUT2D eigenvalue weighted by atomic mass is 16.5. The van der Waals surface area contributed by atoms with Crippen LogP contribution in [0.15, 0.2) is 18.2 Å². The molecule has 1 aromatic rings. The second-order valence-corrected chi connectivity index (χ2v) is 4.96. The molecule has 0 spiro atoms. The SMILES string of the molecule is CCC(CC)(CC)c1ccc(OCCN)c(C)c1. The molecule has 1 rings (SSSR count). The minimum Gasteiger partial charge on any atom is -0.492 e. The van der Waals surface area contributed by atoms with Crippen LogP contribution in [0.3, 0.4) is 0 Å². The van der Waals surface area contributed by atoms with Crippen LogP contribution in [0.25, 0.3) is 0 Å². The lowest BCUT2D eigenvalue weighted by Crippen LogP contribution is -2.23. The highest BCUT2D eigenvalue weighted by molar-refractivity contribution is 5.39. The lowest BCUT2D eigenvalue weighted by molar-refractivity contribution is 0.325. The van der Waals surface area contributed by atoms with Crippen molar-refractivity contribution in [3.63, 3.8) is 0 Å². The maximum Gasteiger partial charge on any atom is 0.122 e. The van der Waals surface area contributed by atoms with Crippen LogP contribution in [-0.2, 0) is 5.41 Å². The highest BCUT2D eigenvalue weighted by Gasteiger charge is 2.26. The molecule has 0 fully saturated rings. The molecule has 1 aromatic carbocycles. The van der Waals surface area contributed by atoms with E-state index in [9.17, 15) is 0 Å². The van der Waals surface area contributed by atoms with Gasteiger partial charge in [0.15, 0.2) is 0 Å². The molecule has 0 saturated heterocycles. The van der Waals surface area contributed by atoms with E-state index in [-0.39, 0.29) is 0 Å². The zero-order valence-electron chi connectivity index (χ0n) is 12.3. The molecule has 0 saturated carbocycles. The second-order valence-electron chi connectivity index (χ2n) is 4.96. The zero-order chi connectivity index (χ0) is 13.6. The third-order valence-electron chi connectivity index (χ3n) is 4.19. The lowest BCUT2D eigenvalue weighted by Gasteiger charge is -2.31. The van der Waals surface area contributed by atoms with Gasteiger partial charge in [-0.05, 0) is 48.8 Å². The summed E-state index contributed by atoms with van der Waals surface area (Å²) >= 11 is 0. The summed E-state index contributed by atoms with van der Waals surface area (Å²) in [5, 5.41) is 0. The van der Waals surface area contributed by atoms with Gasteiger partial charge in [0.1, 0.15) is 12.4 Å². The monoisotopic (exact) mass is 249 g/mol. The molecular weight excluding hydrogens is 222 g/mol. The van der Waals surface area contributed by atoms with Crippen molar-refractivity contribution in [2.24, 2.45) is 5.73 Å². The van der Waals surface area contributed by atoms with E-state index in [1.807, 2.05) is 0 Å². The molecule has 0 unspecified atom stereocenters. The van der Waals surface area contributed by atoms with Crippen molar-refractivity contribution in [3.05, 3.63) is 29.3 Å². The minimum atomic E-state index is 0.317. The molecule has 0 amide bonds. The first kappa shape index (κ1) is 15.0. The van der Waals surface area contributed by atoms with Crippen molar-refractivity contribution in [3.8, 4) is 5.75 Å². The van der Waals surface area contributed by atoms with Crippen LogP contribution in [0.4, 0.5) is 0 Å². The molecule has 0 heterocycles. The molecular formula is C16H27NO. The minimum absolute atomic E-state index is 0.317. The molecule has 0 atom stereocenters. The molecule has 0 aromatic heterocycles. The molecule has 0 bridgehead atoms. The third kappa shape index (κ3) is 3.05. The Labute approximate surface area is 112 Å². The van der Waals surface area contributed by atoms with Crippen LogP contribution >= 0.6 is 0 Å². The maximum atomic E-state index is 5.63. The normalized spacial score (nSPS) is 11.6. The average Bonchev–Trinajstić information content (AvgIpc) is 2.40. The quantitative estimate of drug-likeness (QED) is 0.797. The summed E-state index contributed by atoms with van der Waals surface area (Å²) in [5.74, 6) is 0.960. The van der Waals surface area contributed by atoms with E-state index in [4.69, 9.17) is 10.5 Å². The van der Waals surface area contributed by atoms with E-state index in [1.165, 1.54) is 30.4 Å². The summed E-state index contributed by atoms with van der Waals surface area (Å²) < 4.78 is 5.63. The lowest BCUT2D eigenvalue weighted by atomic mass is 9.73. The van der Waals surface area contributed by atoms with Crippen LogP contribution in [0.1, 0.15) is 51.2 Å². The van der Waals surface area contributed by atoms with Gasteiger partial charge in [-0.3, -0.25) is 0 Å². The molecule has 18 heavy (non-hydrogen) atoms. The van der Waals surface area contributed by atoms with Crippen molar-refractivity contribution in [2.75, 3.05) is 13.2 Å². The van der Waals surface area contributed by atoms with Crippen LogP contribution in [0.2, 0.25) is 0 Å². The first-order valence-electron chi connectivity index (χ1n) is 7.07. The molecule has 0 aliphatic heterocycles. The Balaban J connectivity index is 3.02. The molecule has 2 nitrogen and oxygen atoms in total. The molecule has 102 valence electrons. The molecule has 0 radical (unpaired) electrons. The predicted octanol–water partition coefficient (Wildman–Crippen LogP) is 3.80. The van der Waals surface area contributed by atoms with E-state index in [0.29, 0.717) is 18.6 Å². The largest absolute Gasteiger partial charge is 0.492 e. The topological polar surface area (TPSA) is 35.2 Å². The van der Waals surface area contributed by atoms with Crippen LogP contribution in [-0.4, -0.2) is 13.2 Å². The van der Waals surface area contributed by atoms with Crippen molar-refractivity contribution < 1.29 is 4.74 Å². The summed E-state index contributed by atoms with van der Waals surface area (Å²) in [6.07, 6.45) is 3.55. The van der Waals surface area contributed by atoms with Crippen LogP contribution in [0, 0.1) is 6.92 Å². The number of ether oxygens (including phenoxy) is 1. The fraction of sp³-hybridized carbons (Fsp3) is 0.625. The summed E-state index contributed by atoms with van der Waals surface area (Å²) in [6, 6.07) is 6.59. The molecule has 0 aliphatic carbocycles. The second kappa shape index (κ2) is 6.79. The fourth-order valence-corrected chi connectivity index (χ4v) is 2.67. The fourth-order valence-electron chi connectivity index (χ4n) is 2.67. The van der Waals surface area contributed by atoms with Gasteiger partial charge in [-0.15, -0.1) is 0 Å². The first-order valence-corrected chi connectivity index (χ1v) is 7.07. The van der Waals surface area contributed by atoms with Crippen LogP contribution < -0.4 is 10.5 Å². The smallest absolute Gasteiger partial charge is 0.122 e. The Hall–Kier alpha value is -1.02. The van der Waals surface area contributed by atoms with Gasteiger partial charge in [0.2, 0.25) is 0 Å². The highest BCUT2D eigenvalue weighted by Crippen LogP contribution is 2.36. The Morgan fingerprint density at radius 3 is 2.17 bits per heavy atom. The van der Waals surface area contributed by atoms with E-state index >= 15 is 0 Å². The van der Waals surface area contributed by atoms with Crippen molar-refractivity contribution in [1.29, 1.82) is 0 Å². The Morgan fingerprint density at radius 1 is 1.11 bits per heavy atom. The van der Waals surface area contributed by atoms with Gasteiger partial charge in [0.05, 0.1) is 0 Å². The summed E-state index contributed by atoms with van der Waals surface area (Å²) in [4.78, 5) is 0. The van der Waals surface area contributed by atoms with Gasteiger partial charge < -0.3 is 10.5 Å². The maximum absolute atomic E-state index is 5.63. The summed E-state index contributed by atoms with van der Waals surface area (Å²) in [7, 11) is 0. The van der Waals surface area contributed by atoms with E-state index in [1.54, 1.807) is 0 Å². The average molecular weight is 249 g/mol. The third-order valence-corrected chi connectivity index (χ3v) is 4.19. The molecule has 2 N–H and O–H groups in total. The zero-order valence-corrected chi connectivity index (χ0v) is 12.3. The predicted molar refractivity (Wildman–Crippen MR) is 78.3 cm³/mol. The van der Waals surface area contributed by atoms with Crippen molar-refractivity contribution >= 4 is 0 Å².